The Kier molecular flexibility index (Phi) is 6.60. The van der Waals surface area contributed by atoms with Crippen LogP contribution in [0, 0.1) is 5.92 Å². The minimum Gasteiger partial charge on any atom is -0.380 e. The van der Waals surface area contributed by atoms with Gasteiger partial charge in [-0.05, 0) is 31.8 Å². The largest absolute Gasteiger partial charge is 0.380 e. The Bertz CT molecular complexity index is 407. The fraction of sp³-hybridized carbons (Fsp3) is 0.867. The summed E-state index contributed by atoms with van der Waals surface area (Å²) in [4.78, 5) is 2.45. The zero-order valence-electron chi connectivity index (χ0n) is 13.6. The van der Waals surface area contributed by atoms with Gasteiger partial charge in [0.15, 0.2) is 0 Å². The Morgan fingerprint density at radius 2 is 2.29 bits per heavy atom. The maximum atomic E-state index is 5.46. The van der Waals surface area contributed by atoms with Crippen LogP contribution in [0.5, 0.6) is 0 Å². The van der Waals surface area contributed by atoms with E-state index < -0.39 is 0 Å². The molecule has 6 heteroatoms. The highest BCUT2D eigenvalue weighted by Crippen LogP contribution is 2.12. The van der Waals surface area contributed by atoms with Crippen molar-refractivity contribution in [2.75, 3.05) is 33.3 Å². The van der Waals surface area contributed by atoms with E-state index in [1.807, 2.05) is 18.0 Å². The monoisotopic (exact) mass is 295 g/mol. The first kappa shape index (κ1) is 16.4. The summed E-state index contributed by atoms with van der Waals surface area (Å²) in [7, 11) is 1.81. The van der Waals surface area contributed by atoms with Gasteiger partial charge >= 0.3 is 0 Å². The van der Waals surface area contributed by atoms with E-state index in [1.54, 1.807) is 0 Å². The van der Waals surface area contributed by atoms with Gasteiger partial charge in [0.2, 0.25) is 0 Å². The Morgan fingerprint density at radius 3 is 3.05 bits per heavy atom. The number of piperidine rings is 1. The smallest absolute Gasteiger partial charge is 0.0964 e. The molecule has 1 aromatic heterocycles. The van der Waals surface area contributed by atoms with Crippen LogP contribution in [0.15, 0.2) is 6.20 Å². The molecule has 1 aliphatic heterocycles. The molecule has 0 amide bonds. The maximum Gasteiger partial charge on any atom is 0.0964 e. The predicted octanol–water partition coefficient (Wildman–Crippen LogP) is 1.13. The molecule has 0 spiro atoms. The number of likely N-dealkylation sites (tertiary alicyclic amines) is 1. The lowest BCUT2D eigenvalue weighted by Gasteiger charge is -2.31. The van der Waals surface area contributed by atoms with Crippen LogP contribution in [0.25, 0.3) is 0 Å². The minimum atomic E-state index is 0.394. The second kappa shape index (κ2) is 8.46. The maximum absolute atomic E-state index is 5.46. The van der Waals surface area contributed by atoms with Crippen molar-refractivity contribution in [3.05, 3.63) is 11.9 Å². The predicted molar refractivity (Wildman–Crippen MR) is 83.0 cm³/mol. The van der Waals surface area contributed by atoms with Crippen LogP contribution in [0.2, 0.25) is 0 Å². The lowest BCUT2D eigenvalue weighted by molar-refractivity contribution is 0.0299. The van der Waals surface area contributed by atoms with Gasteiger partial charge in [-0.1, -0.05) is 19.1 Å². The van der Waals surface area contributed by atoms with E-state index in [0.717, 1.165) is 45.0 Å². The summed E-state index contributed by atoms with van der Waals surface area (Å²) >= 11 is 0. The molecule has 2 rings (SSSR count). The number of nitrogens with one attached hydrogen (secondary N) is 1. The fourth-order valence-corrected chi connectivity index (χ4v) is 2.67. The van der Waals surface area contributed by atoms with Crippen LogP contribution in [-0.2, 0) is 17.8 Å². The molecule has 0 aromatic carbocycles. The summed E-state index contributed by atoms with van der Waals surface area (Å²) < 4.78 is 7.40. The van der Waals surface area contributed by atoms with Gasteiger partial charge in [-0.25, -0.2) is 0 Å². The number of methoxy groups -OCH3 is 1. The van der Waals surface area contributed by atoms with E-state index in [0.29, 0.717) is 12.0 Å². The molecule has 1 aromatic rings. The van der Waals surface area contributed by atoms with Crippen LogP contribution >= 0.6 is 0 Å². The van der Waals surface area contributed by atoms with Crippen molar-refractivity contribution in [1.29, 1.82) is 0 Å². The number of ether oxygens (including phenoxy) is 1. The van der Waals surface area contributed by atoms with E-state index >= 15 is 0 Å². The molecule has 2 heterocycles. The van der Waals surface area contributed by atoms with Gasteiger partial charge in [-0.15, -0.1) is 5.10 Å². The van der Waals surface area contributed by atoms with Crippen molar-refractivity contribution in [3.63, 3.8) is 0 Å². The Balaban J connectivity index is 1.70. The molecule has 1 aliphatic rings. The van der Waals surface area contributed by atoms with Crippen molar-refractivity contribution in [3.8, 4) is 0 Å². The first-order valence-electron chi connectivity index (χ1n) is 8.02. The van der Waals surface area contributed by atoms with Gasteiger partial charge in [0.1, 0.15) is 0 Å². The fourth-order valence-electron chi connectivity index (χ4n) is 2.67. The normalized spacial score (nSPS) is 20.3. The van der Waals surface area contributed by atoms with Crippen LogP contribution in [0.1, 0.15) is 32.4 Å². The third-order valence-electron chi connectivity index (χ3n) is 3.89. The van der Waals surface area contributed by atoms with Gasteiger partial charge in [-0.3, -0.25) is 9.58 Å². The molecule has 1 atom stereocenters. The van der Waals surface area contributed by atoms with Gasteiger partial charge in [0, 0.05) is 32.9 Å². The van der Waals surface area contributed by atoms with E-state index in [2.05, 4.69) is 34.4 Å². The molecular weight excluding hydrogens is 266 g/mol. The summed E-state index contributed by atoms with van der Waals surface area (Å²) in [5.74, 6) is 0.660. The van der Waals surface area contributed by atoms with Gasteiger partial charge < -0.3 is 10.1 Å². The van der Waals surface area contributed by atoms with Gasteiger partial charge in [-0.2, -0.15) is 0 Å². The van der Waals surface area contributed by atoms with E-state index in [1.165, 1.54) is 12.8 Å². The highest BCUT2D eigenvalue weighted by molar-refractivity contribution is 4.91. The zero-order chi connectivity index (χ0) is 15.1. The quantitative estimate of drug-likeness (QED) is 0.779. The van der Waals surface area contributed by atoms with Crippen LogP contribution < -0.4 is 5.32 Å². The van der Waals surface area contributed by atoms with Gasteiger partial charge in [0.05, 0.1) is 18.3 Å². The highest BCUT2D eigenvalue weighted by atomic mass is 16.5. The third-order valence-corrected chi connectivity index (χ3v) is 3.89. The summed E-state index contributed by atoms with van der Waals surface area (Å²) in [5, 5.41) is 11.8. The van der Waals surface area contributed by atoms with Crippen molar-refractivity contribution in [1.82, 2.24) is 25.2 Å². The average Bonchev–Trinajstić information content (AvgIpc) is 2.93. The standard InChI is InChI=1S/C15H29N5O/c1-13(2)9-16-10-14-11-20(18-17-14)8-7-19-6-4-5-15(12-19)21-3/h11,13,15-16H,4-10,12H2,1-3H3. The van der Waals surface area contributed by atoms with Crippen LogP contribution in [-0.4, -0.2) is 59.3 Å². The molecule has 21 heavy (non-hydrogen) atoms. The molecule has 1 N–H and O–H groups in total. The van der Waals surface area contributed by atoms with E-state index in [-0.39, 0.29) is 0 Å². The molecule has 0 bridgehead atoms. The van der Waals surface area contributed by atoms with Crippen molar-refractivity contribution in [2.24, 2.45) is 5.92 Å². The molecule has 6 nitrogen and oxygen atoms in total. The molecule has 120 valence electrons. The van der Waals surface area contributed by atoms with Crippen molar-refractivity contribution < 1.29 is 4.74 Å². The molecular formula is C15H29N5O. The first-order chi connectivity index (χ1) is 10.2. The minimum absolute atomic E-state index is 0.394. The van der Waals surface area contributed by atoms with Crippen molar-refractivity contribution in [2.45, 2.75) is 45.9 Å². The SMILES string of the molecule is COC1CCCN(CCn2cc(CNCC(C)C)nn2)C1. The molecule has 1 fully saturated rings. The lowest BCUT2D eigenvalue weighted by Crippen LogP contribution is -2.40. The van der Waals surface area contributed by atoms with E-state index in [9.17, 15) is 0 Å². The Morgan fingerprint density at radius 1 is 1.43 bits per heavy atom. The highest BCUT2D eigenvalue weighted by Gasteiger charge is 2.18. The number of rotatable bonds is 8. The summed E-state index contributed by atoms with van der Waals surface area (Å²) in [5.41, 5.74) is 1.02. The number of hydrogen-bond donors (Lipinski definition) is 1. The van der Waals surface area contributed by atoms with Gasteiger partial charge in [0.25, 0.3) is 0 Å². The average molecular weight is 295 g/mol. The summed E-state index contributed by atoms with van der Waals surface area (Å²) in [6, 6.07) is 0. The number of nitrogens with zero attached hydrogens (tertiary/aromatic N) is 4. The molecule has 1 saturated heterocycles. The second-order valence-corrected chi connectivity index (χ2v) is 6.30. The Labute approximate surface area is 127 Å². The van der Waals surface area contributed by atoms with E-state index in [4.69, 9.17) is 4.74 Å². The number of hydrogen-bond acceptors (Lipinski definition) is 5. The first-order valence-corrected chi connectivity index (χ1v) is 8.02. The Hall–Kier alpha value is -0.980. The molecule has 1 unspecified atom stereocenters. The van der Waals surface area contributed by atoms with Crippen molar-refractivity contribution >= 4 is 0 Å². The summed E-state index contributed by atoms with van der Waals surface area (Å²) in [6.45, 7) is 10.3. The third kappa shape index (κ3) is 5.73. The zero-order valence-corrected chi connectivity index (χ0v) is 13.6. The lowest BCUT2D eigenvalue weighted by atomic mass is 10.1. The topological polar surface area (TPSA) is 55.2 Å². The van der Waals surface area contributed by atoms with Crippen LogP contribution in [0.3, 0.4) is 0 Å². The summed E-state index contributed by atoms with van der Waals surface area (Å²) in [6.07, 6.45) is 4.85. The molecule has 0 aliphatic carbocycles. The molecule has 0 radical (unpaired) electrons. The van der Waals surface area contributed by atoms with Crippen LogP contribution in [0.4, 0.5) is 0 Å². The number of aromatic nitrogens is 3. The second-order valence-electron chi connectivity index (χ2n) is 6.30. The molecule has 0 saturated carbocycles.